The summed E-state index contributed by atoms with van der Waals surface area (Å²) in [4.78, 5) is 21.1. The van der Waals surface area contributed by atoms with Crippen LogP contribution < -0.4 is 10.5 Å². The average molecular weight is 405 g/mol. The number of aromatic nitrogens is 3. The van der Waals surface area contributed by atoms with E-state index < -0.39 is 0 Å². The van der Waals surface area contributed by atoms with Gasteiger partial charge in [-0.15, -0.1) is 0 Å². The molecule has 2 saturated carbocycles. The molecule has 0 amide bonds. The van der Waals surface area contributed by atoms with Crippen LogP contribution in [0.1, 0.15) is 42.4 Å². The van der Waals surface area contributed by atoms with Crippen LogP contribution in [-0.4, -0.2) is 27.2 Å². The van der Waals surface area contributed by atoms with Crippen molar-refractivity contribution in [2.75, 3.05) is 18.0 Å². The van der Waals surface area contributed by atoms with Gasteiger partial charge in [-0.3, -0.25) is 9.36 Å². The van der Waals surface area contributed by atoms with Crippen molar-refractivity contribution in [3.8, 4) is 11.1 Å². The van der Waals surface area contributed by atoms with Gasteiger partial charge in [-0.1, -0.05) is 17.7 Å². The molecule has 3 aromatic rings. The topological polar surface area (TPSA) is 43.1 Å². The Morgan fingerprint density at radius 2 is 1.57 bits per heavy atom. The van der Waals surface area contributed by atoms with E-state index in [9.17, 15) is 4.79 Å². The van der Waals surface area contributed by atoms with Crippen molar-refractivity contribution in [2.45, 2.75) is 46.5 Å². The highest BCUT2D eigenvalue weighted by Crippen LogP contribution is 2.37. The minimum atomic E-state index is 0.0570. The Hall–Kier alpha value is -2.56. The molecule has 2 aromatic heterocycles. The summed E-state index contributed by atoms with van der Waals surface area (Å²) in [5, 5.41) is 0.733. The fourth-order valence-electron chi connectivity index (χ4n) is 4.93. The lowest BCUT2D eigenvalue weighted by Crippen LogP contribution is -2.35. The van der Waals surface area contributed by atoms with Crippen LogP contribution in [0, 0.1) is 32.6 Å². The number of hydrogen-bond acceptors (Lipinski definition) is 3. The maximum atomic E-state index is 13.6. The first-order valence-corrected chi connectivity index (χ1v) is 11.2. The molecular weight excluding hydrogens is 372 g/mol. The lowest BCUT2D eigenvalue weighted by Gasteiger charge is -2.25. The van der Waals surface area contributed by atoms with Crippen LogP contribution in [0.15, 0.2) is 23.1 Å². The van der Waals surface area contributed by atoms with E-state index in [1.54, 1.807) is 4.57 Å². The van der Waals surface area contributed by atoms with Crippen LogP contribution in [0.3, 0.4) is 0 Å². The second kappa shape index (κ2) is 7.00. The number of aryl methyl sites for hydroxylation is 4. The Labute approximate surface area is 178 Å². The van der Waals surface area contributed by atoms with E-state index in [-0.39, 0.29) is 5.56 Å². The normalized spacial score (nSPS) is 16.4. The van der Waals surface area contributed by atoms with Gasteiger partial charge in [0.25, 0.3) is 5.56 Å². The van der Waals surface area contributed by atoms with Crippen molar-refractivity contribution in [2.24, 2.45) is 25.9 Å². The van der Waals surface area contributed by atoms with Crippen molar-refractivity contribution in [1.82, 2.24) is 14.1 Å². The Bertz CT molecular complexity index is 1160. The summed E-state index contributed by atoms with van der Waals surface area (Å²) >= 11 is 0. The molecule has 0 spiro atoms. The second-order valence-electron chi connectivity index (χ2n) is 9.69. The molecule has 0 atom stereocenters. The number of anilines is 1. The van der Waals surface area contributed by atoms with Gasteiger partial charge in [0.2, 0.25) is 5.95 Å². The maximum absolute atomic E-state index is 13.6. The van der Waals surface area contributed by atoms with E-state index in [0.29, 0.717) is 0 Å². The number of rotatable bonds is 6. The molecule has 0 radical (unpaired) electrons. The van der Waals surface area contributed by atoms with Crippen molar-refractivity contribution in [3.63, 3.8) is 0 Å². The largest absolute Gasteiger partial charge is 0.342 e. The van der Waals surface area contributed by atoms with Crippen molar-refractivity contribution >= 4 is 17.0 Å². The third kappa shape index (κ3) is 3.34. The Kier molecular flexibility index (Phi) is 4.53. The minimum Gasteiger partial charge on any atom is -0.342 e. The molecule has 158 valence electrons. The van der Waals surface area contributed by atoms with Crippen molar-refractivity contribution in [1.29, 1.82) is 0 Å². The maximum Gasteiger partial charge on any atom is 0.264 e. The van der Waals surface area contributed by atoms with Crippen LogP contribution in [0.4, 0.5) is 5.95 Å². The second-order valence-corrected chi connectivity index (χ2v) is 9.69. The van der Waals surface area contributed by atoms with Crippen LogP contribution in [0.5, 0.6) is 0 Å². The zero-order valence-electron chi connectivity index (χ0n) is 18.8. The molecule has 0 aliphatic heterocycles. The number of hydrogen-bond donors (Lipinski definition) is 0. The van der Waals surface area contributed by atoms with Gasteiger partial charge in [0.1, 0.15) is 5.65 Å². The van der Waals surface area contributed by atoms with Crippen LogP contribution in [0.25, 0.3) is 22.2 Å². The molecule has 5 rings (SSSR count). The third-order valence-electron chi connectivity index (χ3n) is 6.75. The van der Waals surface area contributed by atoms with Gasteiger partial charge < -0.3 is 9.47 Å². The van der Waals surface area contributed by atoms with Gasteiger partial charge in [0.15, 0.2) is 0 Å². The molecule has 2 aliphatic rings. The molecule has 5 heteroatoms. The predicted octanol–water partition coefficient (Wildman–Crippen LogP) is 4.49. The molecule has 0 unspecified atom stereocenters. The first kappa shape index (κ1) is 19.4. The molecule has 2 heterocycles. The van der Waals surface area contributed by atoms with Gasteiger partial charge in [-0.2, -0.15) is 4.98 Å². The molecule has 5 nitrogen and oxygen atoms in total. The first-order chi connectivity index (χ1) is 14.3. The van der Waals surface area contributed by atoms with Crippen LogP contribution >= 0.6 is 0 Å². The molecule has 1 aromatic carbocycles. The highest BCUT2D eigenvalue weighted by atomic mass is 16.1. The van der Waals surface area contributed by atoms with E-state index in [0.717, 1.165) is 53.0 Å². The van der Waals surface area contributed by atoms with Crippen LogP contribution in [0.2, 0.25) is 0 Å². The minimum absolute atomic E-state index is 0.0570. The Balaban J connectivity index is 1.68. The summed E-state index contributed by atoms with van der Waals surface area (Å²) < 4.78 is 3.82. The van der Waals surface area contributed by atoms with E-state index in [2.05, 4.69) is 44.0 Å². The van der Waals surface area contributed by atoms with Crippen molar-refractivity contribution < 1.29 is 0 Å². The first-order valence-electron chi connectivity index (χ1n) is 11.2. The fourth-order valence-corrected chi connectivity index (χ4v) is 4.93. The monoisotopic (exact) mass is 404 g/mol. The Morgan fingerprint density at radius 1 is 1.00 bits per heavy atom. The van der Waals surface area contributed by atoms with Crippen LogP contribution in [-0.2, 0) is 14.1 Å². The van der Waals surface area contributed by atoms with E-state index in [1.165, 1.54) is 42.4 Å². The zero-order valence-corrected chi connectivity index (χ0v) is 18.8. The smallest absolute Gasteiger partial charge is 0.264 e. The molecule has 30 heavy (non-hydrogen) atoms. The quantitative estimate of drug-likeness (QED) is 0.608. The standard InChI is InChI=1S/C25H32N4O/c1-15-10-16(2)21(17(3)11-15)20-14-27(4)23-22(20)24(30)28(5)25(26-23)29(12-18-6-7-18)13-19-8-9-19/h10-11,14,18-19H,6-9,12-13H2,1-5H3. The van der Waals surface area contributed by atoms with Gasteiger partial charge in [-0.05, 0) is 75.0 Å². The molecule has 0 bridgehead atoms. The summed E-state index contributed by atoms with van der Waals surface area (Å²) in [7, 11) is 3.90. The third-order valence-corrected chi connectivity index (χ3v) is 6.75. The lowest BCUT2D eigenvalue weighted by molar-refractivity contribution is 0.638. The highest BCUT2D eigenvalue weighted by molar-refractivity contribution is 5.95. The number of fused-ring (bicyclic) bond motifs is 1. The lowest BCUT2D eigenvalue weighted by atomic mass is 9.94. The van der Waals surface area contributed by atoms with E-state index in [4.69, 9.17) is 4.98 Å². The summed E-state index contributed by atoms with van der Waals surface area (Å²) in [5.41, 5.74) is 6.66. The SMILES string of the molecule is Cc1cc(C)c(-c2cn(C)c3nc(N(CC4CC4)CC4CC4)n(C)c(=O)c23)c(C)c1. The summed E-state index contributed by atoms with van der Waals surface area (Å²) in [6, 6.07) is 4.39. The van der Waals surface area contributed by atoms with Gasteiger partial charge in [-0.25, -0.2) is 0 Å². The summed E-state index contributed by atoms with van der Waals surface area (Å²) in [5.74, 6) is 2.35. The molecule has 2 aliphatic carbocycles. The highest BCUT2D eigenvalue weighted by Gasteiger charge is 2.31. The van der Waals surface area contributed by atoms with Gasteiger partial charge >= 0.3 is 0 Å². The zero-order chi connectivity index (χ0) is 21.2. The fraction of sp³-hybridized carbons (Fsp3) is 0.520. The predicted molar refractivity (Wildman–Crippen MR) is 123 cm³/mol. The molecule has 2 fully saturated rings. The molecule has 0 N–H and O–H groups in total. The van der Waals surface area contributed by atoms with Crippen molar-refractivity contribution in [3.05, 3.63) is 45.4 Å². The van der Waals surface area contributed by atoms with Gasteiger partial charge in [0.05, 0.1) is 5.39 Å². The van der Waals surface area contributed by atoms with E-state index >= 15 is 0 Å². The molecular formula is C25H32N4O. The molecule has 0 saturated heterocycles. The average Bonchev–Trinajstić information content (AvgIpc) is 3.59. The van der Waals surface area contributed by atoms with E-state index in [1.807, 2.05) is 18.7 Å². The van der Waals surface area contributed by atoms with Gasteiger partial charge in [0, 0.05) is 38.9 Å². The summed E-state index contributed by atoms with van der Waals surface area (Å²) in [6.07, 6.45) is 7.30. The summed E-state index contributed by atoms with van der Waals surface area (Å²) in [6.45, 7) is 8.43. The Morgan fingerprint density at radius 3 is 2.10 bits per heavy atom. The number of benzene rings is 1. The number of nitrogens with zero attached hydrogens (tertiary/aromatic N) is 4.